The van der Waals surface area contributed by atoms with Gasteiger partial charge in [-0.1, -0.05) is 6.42 Å². The van der Waals surface area contributed by atoms with Crippen molar-refractivity contribution in [1.82, 2.24) is 25.1 Å². The van der Waals surface area contributed by atoms with E-state index in [4.69, 9.17) is 9.72 Å². The summed E-state index contributed by atoms with van der Waals surface area (Å²) in [6, 6.07) is 7.18. The highest BCUT2D eigenvalue weighted by Crippen LogP contribution is 2.36. The van der Waals surface area contributed by atoms with Gasteiger partial charge in [0.1, 0.15) is 17.4 Å². The third-order valence-electron chi connectivity index (χ3n) is 6.87. The molecule has 8 nitrogen and oxygen atoms in total. The maximum atomic E-state index is 12.8. The molecule has 5 rings (SSSR count). The summed E-state index contributed by atoms with van der Waals surface area (Å²) in [5.74, 6) is 2.91. The number of piperidine rings is 2. The Bertz CT molecular complexity index is 1090. The van der Waals surface area contributed by atoms with Crippen molar-refractivity contribution in [2.75, 3.05) is 31.0 Å². The second-order valence-corrected chi connectivity index (χ2v) is 9.19. The summed E-state index contributed by atoms with van der Waals surface area (Å²) in [6.45, 7) is 2.59. The Hall–Kier alpha value is -2.94. The molecule has 33 heavy (non-hydrogen) atoms. The van der Waals surface area contributed by atoms with E-state index in [0.29, 0.717) is 36.1 Å². The second kappa shape index (κ2) is 9.51. The predicted molar refractivity (Wildman–Crippen MR) is 128 cm³/mol. The molecule has 176 valence electrons. The molecule has 0 radical (unpaired) electrons. The Morgan fingerprint density at radius 2 is 2.00 bits per heavy atom. The molecule has 2 saturated heterocycles. The average molecular weight is 454 g/mol. The van der Waals surface area contributed by atoms with Gasteiger partial charge in [0.2, 0.25) is 0 Å². The lowest BCUT2D eigenvalue weighted by Crippen LogP contribution is -2.55. The number of aromatic nitrogens is 4. The first kappa shape index (κ1) is 21.9. The third-order valence-corrected chi connectivity index (χ3v) is 6.87. The molecule has 0 spiro atoms. The van der Waals surface area contributed by atoms with Crippen LogP contribution in [0, 0.1) is 6.92 Å². The van der Waals surface area contributed by atoms with Crippen molar-refractivity contribution < 1.29 is 9.13 Å². The van der Waals surface area contributed by atoms with E-state index in [0.717, 1.165) is 47.6 Å². The molecule has 2 aliphatic heterocycles. The third kappa shape index (κ3) is 4.73. The maximum absolute atomic E-state index is 12.8. The molecule has 3 aromatic rings. The summed E-state index contributed by atoms with van der Waals surface area (Å²) in [4.78, 5) is 12.1. The van der Waals surface area contributed by atoms with Gasteiger partial charge in [0.25, 0.3) is 0 Å². The Kier molecular flexibility index (Phi) is 6.30. The number of aryl methyl sites for hydroxylation is 1. The second-order valence-electron chi connectivity index (χ2n) is 9.19. The molecular formula is C24H32FN7O. The summed E-state index contributed by atoms with van der Waals surface area (Å²) in [5, 5.41) is 15.2. The highest BCUT2D eigenvalue weighted by atomic mass is 19.1. The van der Waals surface area contributed by atoms with Gasteiger partial charge >= 0.3 is 0 Å². The molecule has 2 aliphatic rings. The van der Waals surface area contributed by atoms with Gasteiger partial charge in [0.05, 0.1) is 25.5 Å². The largest absolute Gasteiger partial charge is 0.495 e. The number of aromatic amines is 1. The smallest absolute Gasteiger partial charge is 0.153 e. The van der Waals surface area contributed by atoms with Crippen LogP contribution in [-0.4, -0.2) is 63.5 Å². The fourth-order valence-electron chi connectivity index (χ4n) is 5.40. The lowest BCUT2D eigenvalue weighted by molar-refractivity contribution is 0.0327. The Morgan fingerprint density at radius 1 is 1.18 bits per heavy atom. The Labute approximate surface area is 193 Å². The van der Waals surface area contributed by atoms with Crippen LogP contribution in [-0.2, 0) is 0 Å². The average Bonchev–Trinajstić information content (AvgIpc) is 3.21. The van der Waals surface area contributed by atoms with Crippen molar-refractivity contribution in [2.24, 2.45) is 0 Å². The molecule has 9 heteroatoms. The number of hydrogen-bond donors (Lipinski definition) is 3. The number of nitrogens with one attached hydrogen (secondary N) is 3. The fourth-order valence-corrected chi connectivity index (χ4v) is 5.40. The molecule has 1 unspecified atom stereocenters. The molecule has 0 aromatic carbocycles. The molecule has 0 saturated carbocycles. The van der Waals surface area contributed by atoms with E-state index in [-0.39, 0.29) is 6.67 Å². The normalized spacial score (nSPS) is 22.9. The van der Waals surface area contributed by atoms with Gasteiger partial charge in [0.15, 0.2) is 5.82 Å². The molecule has 2 bridgehead atoms. The zero-order valence-corrected chi connectivity index (χ0v) is 19.3. The van der Waals surface area contributed by atoms with Gasteiger partial charge in [-0.2, -0.15) is 5.10 Å². The monoisotopic (exact) mass is 453 g/mol. The van der Waals surface area contributed by atoms with Crippen molar-refractivity contribution in [3.05, 3.63) is 30.1 Å². The zero-order chi connectivity index (χ0) is 22.8. The predicted octanol–water partition coefficient (Wildman–Crippen LogP) is 4.57. The number of halogens is 1. The first-order valence-electron chi connectivity index (χ1n) is 11.8. The molecule has 3 N–H and O–H groups in total. The minimum absolute atomic E-state index is 0.238. The van der Waals surface area contributed by atoms with Crippen molar-refractivity contribution in [2.45, 2.75) is 63.6 Å². The van der Waals surface area contributed by atoms with Crippen LogP contribution in [0.5, 0.6) is 5.75 Å². The van der Waals surface area contributed by atoms with E-state index < -0.39 is 0 Å². The SMILES string of the molecule is COc1cnc2cc(Nc3cc(C)[nH]n3)nc(NC3C[C@H]4CCC[C@@H](C3)N4CCCF)c2c1. The number of ether oxygens (including phenoxy) is 1. The van der Waals surface area contributed by atoms with Gasteiger partial charge in [-0.15, -0.1) is 0 Å². The Morgan fingerprint density at radius 3 is 2.70 bits per heavy atom. The highest BCUT2D eigenvalue weighted by Gasteiger charge is 2.38. The van der Waals surface area contributed by atoms with E-state index in [1.807, 2.05) is 25.1 Å². The molecule has 3 atom stereocenters. The van der Waals surface area contributed by atoms with Crippen molar-refractivity contribution >= 4 is 28.4 Å². The number of hydrogen-bond acceptors (Lipinski definition) is 7. The van der Waals surface area contributed by atoms with E-state index >= 15 is 0 Å². The first-order valence-corrected chi connectivity index (χ1v) is 11.8. The van der Waals surface area contributed by atoms with E-state index in [1.54, 1.807) is 13.3 Å². The number of H-pyrrole nitrogens is 1. The van der Waals surface area contributed by atoms with Gasteiger partial charge in [-0.05, 0) is 45.1 Å². The molecule has 3 aromatic heterocycles. The minimum atomic E-state index is -0.238. The van der Waals surface area contributed by atoms with Gasteiger partial charge in [0, 0.05) is 47.9 Å². The molecular weight excluding hydrogens is 421 g/mol. The van der Waals surface area contributed by atoms with Gasteiger partial charge in [-0.25, -0.2) is 4.98 Å². The number of pyridine rings is 2. The van der Waals surface area contributed by atoms with E-state index in [1.165, 1.54) is 19.3 Å². The molecule has 0 aliphatic carbocycles. The maximum Gasteiger partial charge on any atom is 0.153 e. The summed E-state index contributed by atoms with van der Waals surface area (Å²) >= 11 is 0. The number of alkyl halides is 1. The zero-order valence-electron chi connectivity index (χ0n) is 19.3. The minimum Gasteiger partial charge on any atom is -0.495 e. The molecule has 5 heterocycles. The van der Waals surface area contributed by atoms with Crippen LogP contribution in [0.15, 0.2) is 24.4 Å². The number of anilines is 3. The quantitative estimate of drug-likeness (QED) is 0.460. The van der Waals surface area contributed by atoms with Crippen LogP contribution in [0.1, 0.15) is 44.2 Å². The molecule has 2 fully saturated rings. The van der Waals surface area contributed by atoms with Crippen LogP contribution >= 0.6 is 0 Å². The highest BCUT2D eigenvalue weighted by molar-refractivity contribution is 5.92. The number of nitrogens with zero attached hydrogens (tertiary/aromatic N) is 4. The van der Waals surface area contributed by atoms with Crippen molar-refractivity contribution in [1.29, 1.82) is 0 Å². The number of methoxy groups -OCH3 is 1. The van der Waals surface area contributed by atoms with Crippen molar-refractivity contribution in [3.63, 3.8) is 0 Å². The summed E-state index contributed by atoms with van der Waals surface area (Å²) < 4.78 is 18.2. The van der Waals surface area contributed by atoms with E-state index in [9.17, 15) is 4.39 Å². The van der Waals surface area contributed by atoms with Crippen LogP contribution in [0.2, 0.25) is 0 Å². The fraction of sp³-hybridized carbons (Fsp3) is 0.542. The standard InChI is InChI=1S/C24H32FN7O/c1-15-9-23(31-30-15)28-22-13-21-20(12-19(33-2)14-26-21)24(29-22)27-16-10-17-5-3-6-18(11-16)32(17)8-4-7-25/h9,12-14,16-18H,3-8,10-11H2,1-2H3,(H3,27,28,29,30,31)/t16?,17-,18+. The number of fused-ring (bicyclic) bond motifs is 3. The summed E-state index contributed by atoms with van der Waals surface area (Å²) in [5.41, 5.74) is 1.81. The summed E-state index contributed by atoms with van der Waals surface area (Å²) in [6.07, 6.45) is 8.07. The van der Waals surface area contributed by atoms with Crippen LogP contribution in [0.25, 0.3) is 10.9 Å². The van der Waals surface area contributed by atoms with Crippen LogP contribution < -0.4 is 15.4 Å². The van der Waals surface area contributed by atoms with Gasteiger partial charge in [-0.3, -0.25) is 19.4 Å². The molecule has 0 amide bonds. The van der Waals surface area contributed by atoms with Crippen molar-refractivity contribution in [3.8, 4) is 5.75 Å². The van der Waals surface area contributed by atoms with Crippen LogP contribution in [0.4, 0.5) is 21.8 Å². The Balaban J connectivity index is 1.42. The van der Waals surface area contributed by atoms with E-state index in [2.05, 4.69) is 30.7 Å². The first-order chi connectivity index (χ1) is 16.1. The van der Waals surface area contributed by atoms with Gasteiger partial charge < -0.3 is 15.4 Å². The topological polar surface area (TPSA) is 91.0 Å². The number of rotatable bonds is 8. The summed E-state index contributed by atoms with van der Waals surface area (Å²) in [7, 11) is 1.65. The lowest BCUT2D eigenvalue weighted by Gasteiger charge is -2.49. The van der Waals surface area contributed by atoms with Crippen LogP contribution in [0.3, 0.4) is 0 Å². The lowest BCUT2D eigenvalue weighted by atomic mass is 9.81.